The van der Waals surface area contributed by atoms with Crippen LogP contribution in [0.5, 0.6) is 0 Å². The normalized spacial score (nSPS) is 49.2. The Labute approximate surface area is 83.0 Å². The Morgan fingerprint density at radius 3 is 2.23 bits per heavy atom. The van der Waals surface area contributed by atoms with Crippen LogP contribution in [0.1, 0.15) is 33.1 Å². The molecule has 2 aliphatic carbocycles. The molecule has 1 nitrogen and oxygen atoms in total. The van der Waals surface area contributed by atoms with Gasteiger partial charge in [-0.25, -0.2) is 0 Å². The van der Waals surface area contributed by atoms with Gasteiger partial charge in [-0.3, -0.25) is 0 Å². The van der Waals surface area contributed by atoms with E-state index >= 15 is 0 Å². The summed E-state index contributed by atoms with van der Waals surface area (Å²) in [5, 5.41) is 0. The van der Waals surface area contributed by atoms with E-state index in [1.807, 2.05) is 0 Å². The van der Waals surface area contributed by atoms with E-state index < -0.39 is 8.32 Å². The first-order valence-electron chi connectivity index (χ1n) is 5.49. The highest BCUT2D eigenvalue weighted by Gasteiger charge is 2.71. The monoisotopic (exact) mass is 198 g/mol. The van der Waals surface area contributed by atoms with Gasteiger partial charge >= 0.3 is 0 Å². The van der Waals surface area contributed by atoms with Crippen molar-refractivity contribution in [3.05, 3.63) is 0 Å². The Bertz CT molecular complexity index is 229. The van der Waals surface area contributed by atoms with Gasteiger partial charge in [0.15, 0.2) is 8.32 Å². The van der Waals surface area contributed by atoms with Crippen molar-refractivity contribution in [2.75, 3.05) is 0 Å². The number of rotatable bonds is 2. The first-order chi connectivity index (χ1) is 5.79. The molecule has 13 heavy (non-hydrogen) atoms. The quantitative estimate of drug-likeness (QED) is 0.618. The Hall–Kier alpha value is 0.177. The number of hydrogen-bond acceptors (Lipinski definition) is 1. The number of hydrogen-bond donors (Lipinski definition) is 0. The van der Waals surface area contributed by atoms with Crippen molar-refractivity contribution < 1.29 is 4.43 Å². The van der Waals surface area contributed by atoms with Gasteiger partial charge in [-0.15, -0.1) is 0 Å². The Morgan fingerprint density at radius 1 is 1.31 bits per heavy atom. The summed E-state index contributed by atoms with van der Waals surface area (Å²) >= 11 is 0. The van der Waals surface area contributed by atoms with Gasteiger partial charge in [0.2, 0.25) is 0 Å². The summed E-state index contributed by atoms with van der Waals surface area (Å²) in [6.07, 6.45) is 4.02. The van der Waals surface area contributed by atoms with Gasteiger partial charge in [0.1, 0.15) is 0 Å². The molecule has 0 bridgehead atoms. The van der Waals surface area contributed by atoms with Crippen molar-refractivity contribution in [2.24, 2.45) is 11.3 Å². The van der Waals surface area contributed by atoms with Crippen molar-refractivity contribution in [1.29, 1.82) is 0 Å². The van der Waals surface area contributed by atoms with Crippen LogP contribution in [0.15, 0.2) is 0 Å². The second kappa shape index (κ2) is 2.40. The minimum absolute atomic E-state index is 0.316. The number of fused-ring (bicyclic) bond motifs is 1. The van der Waals surface area contributed by atoms with Gasteiger partial charge in [0.25, 0.3) is 0 Å². The molecule has 0 radical (unpaired) electrons. The maximum atomic E-state index is 6.37. The molecule has 0 aromatic heterocycles. The van der Waals surface area contributed by atoms with Gasteiger partial charge in [0, 0.05) is 5.41 Å². The van der Waals surface area contributed by atoms with E-state index in [-0.39, 0.29) is 0 Å². The molecule has 2 rings (SSSR count). The molecule has 3 unspecified atom stereocenters. The second-order valence-corrected chi connectivity index (χ2v) is 10.7. The fraction of sp³-hybridized carbons (Fsp3) is 1.00. The highest BCUT2D eigenvalue weighted by Crippen LogP contribution is 2.71. The molecule has 0 N–H and O–H groups in total. The van der Waals surface area contributed by atoms with Crippen LogP contribution in [0.4, 0.5) is 0 Å². The van der Waals surface area contributed by atoms with E-state index in [0.717, 1.165) is 5.92 Å². The second-order valence-electron chi connectivity index (χ2n) is 6.24. The lowest BCUT2D eigenvalue weighted by Crippen LogP contribution is -2.34. The molecule has 0 amide bonds. The summed E-state index contributed by atoms with van der Waals surface area (Å²) in [6.45, 7) is 11.7. The molecule has 0 heterocycles. The summed E-state index contributed by atoms with van der Waals surface area (Å²) < 4.78 is 6.37. The van der Waals surface area contributed by atoms with Crippen LogP contribution in [-0.4, -0.2) is 13.9 Å². The van der Waals surface area contributed by atoms with Crippen molar-refractivity contribution in [2.45, 2.75) is 58.4 Å². The lowest BCUT2D eigenvalue weighted by atomic mass is 9.94. The predicted octanol–water partition coefficient (Wildman–Crippen LogP) is 3.42. The summed E-state index contributed by atoms with van der Waals surface area (Å²) in [5.41, 5.74) is 0.851. The van der Waals surface area contributed by atoms with Gasteiger partial charge in [-0.1, -0.05) is 13.8 Å². The molecule has 2 fully saturated rings. The lowest BCUT2D eigenvalue weighted by molar-refractivity contribution is 0.137. The standard InChI is InChI=1S/C11H22OSi/c1-9-6-7-11(8-10(9,11)2)12-13(3,4)5/h9H,6-8H2,1-5H3. The topological polar surface area (TPSA) is 9.23 Å². The Kier molecular flexibility index (Phi) is 1.79. The van der Waals surface area contributed by atoms with Crippen LogP contribution in [0.25, 0.3) is 0 Å². The molecule has 0 saturated heterocycles. The maximum Gasteiger partial charge on any atom is 0.184 e. The van der Waals surface area contributed by atoms with E-state index in [1.165, 1.54) is 19.3 Å². The van der Waals surface area contributed by atoms with Crippen molar-refractivity contribution >= 4 is 8.32 Å². The lowest BCUT2D eigenvalue weighted by Gasteiger charge is -2.27. The highest BCUT2D eigenvalue weighted by molar-refractivity contribution is 6.69. The molecule has 76 valence electrons. The van der Waals surface area contributed by atoms with E-state index in [4.69, 9.17) is 4.43 Å². The van der Waals surface area contributed by atoms with Crippen LogP contribution in [0, 0.1) is 11.3 Å². The largest absolute Gasteiger partial charge is 0.412 e. The molecule has 2 heteroatoms. The van der Waals surface area contributed by atoms with Crippen LogP contribution < -0.4 is 0 Å². The molecule has 0 aromatic carbocycles. The van der Waals surface area contributed by atoms with Gasteiger partial charge in [-0.2, -0.15) is 0 Å². The third-order valence-electron chi connectivity index (χ3n) is 4.14. The average molecular weight is 198 g/mol. The first-order valence-corrected chi connectivity index (χ1v) is 8.90. The van der Waals surface area contributed by atoms with E-state index in [1.54, 1.807) is 0 Å². The van der Waals surface area contributed by atoms with Crippen LogP contribution >= 0.6 is 0 Å². The first kappa shape index (κ1) is 9.72. The van der Waals surface area contributed by atoms with E-state index in [0.29, 0.717) is 11.0 Å². The molecular formula is C11H22OSi. The van der Waals surface area contributed by atoms with E-state index in [2.05, 4.69) is 33.5 Å². The van der Waals surface area contributed by atoms with E-state index in [9.17, 15) is 0 Å². The van der Waals surface area contributed by atoms with Crippen molar-refractivity contribution in [3.8, 4) is 0 Å². The smallest absolute Gasteiger partial charge is 0.184 e. The summed E-state index contributed by atoms with van der Waals surface area (Å²) in [4.78, 5) is 0. The zero-order chi connectivity index (χ0) is 9.91. The fourth-order valence-electron chi connectivity index (χ4n) is 3.10. The zero-order valence-corrected chi connectivity index (χ0v) is 10.6. The van der Waals surface area contributed by atoms with Gasteiger partial charge < -0.3 is 4.43 Å². The maximum absolute atomic E-state index is 6.37. The fourth-order valence-corrected chi connectivity index (χ4v) is 4.68. The molecule has 0 aromatic rings. The molecule has 0 aliphatic heterocycles. The summed E-state index contributed by atoms with van der Waals surface area (Å²) in [6, 6.07) is 0. The zero-order valence-electron chi connectivity index (χ0n) is 9.61. The van der Waals surface area contributed by atoms with Crippen molar-refractivity contribution in [3.63, 3.8) is 0 Å². The predicted molar refractivity (Wildman–Crippen MR) is 58.3 cm³/mol. The molecule has 2 aliphatic rings. The molecule has 0 spiro atoms. The molecule has 2 saturated carbocycles. The Balaban J connectivity index is 2.11. The third kappa shape index (κ3) is 1.30. The van der Waals surface area contributed by atoms with Crippen LogP contribution in [-0.2, 0) is 4.43 Å². The van der Waals surface area contributed by atoms with Crippen LogP contribution in [0.2, 0.25) is 19.6 Å². The summed E-state index contributed by atoms with van der Waals surface area (Å²) in [5.74, 6) is 0.879. The van der Waals surface area contributed by atoms with Crippen molar-refractivity contribution in [1.82, 2.24) is 0 Å². The van der Waals surface area contributed by atoms with Crippen LogP contribution in [0.3, 0.4) is 0 Å². The SMILES string of the molecule is CC1CCC2(O[Si](C)(C)C)CC12C. The molecule has 3 atom stereocenters. The minimum Gasteiger partial charge on any atom is -0.412 e. The van der Waals surface area contributed by atoms with Gasteiger partial charge in [-0.05, 0) is 44.8 Å². The summed E-state index contributed by atoms with van der Waals surface area (Å²) in [7, 11) is -1.33. The third-order valence-corrected chi connectivity index (χ3v) is 5.14. The molecular weight excluding hydrogens is 176 g/mol. The van der Waals surface area contributed by atoms with Gasteiger partial charge in [0.05, 0.1) is 5.60 Å². The average Bonchev–Trinajstić information content (AvgIpc) is 2.42. The minimum atomic E-state index is -1.33. The Morgan fingerprint density at radius 2 is 1.92 bits per heavy atom. The highest BCUT2D eigenvalue weighted by atomic mass is 28.4.